The van der Waals surface area contributed by atoms with Crippen molar-refractivity contribution in [3.05, 3.63) is 11.9 Å². The summed E-state index contributed by atoms with van der Waals surface area (Å²) in [5, 5.41) is 3.33. The molecule has 0 saturated carbocycles. The standard InChI is InChI=1S/C7H11N3O2S/c1-13(11,12)7-9-5-6-4-8-2-3-10(6)7/h5,8H,2-4H2,1H3. The summed E-state index contributed by atoms with van der Waals surface area (Å²) < 4.78 is 24.3. The maximum absolute atomic E-state index is 11.3. The molecule has 0 amide bonds. The maximum Gasteiger partial charge on any atom is 0.227 e. The van der Waals surface area contributed by atoms with Gasteiger partial charge in [-0.2, -0.15) is 0 Å². The van der Waals surface area contributed by atoms with Gasteiger partial charge in [-0.3, -0.25) is 0 Å². The lowest BCUT2D eigenvalue weighted by atomic mass is 10.4. The number of fused-ring (bicyclic) bond motifs is 1. The van der Waals surface area contributed by atoms with Gasteiger partial charge < -0.3 is 9.88 Å². The molecule has 1 aromatic heterocycles. The summed E-state index contributed by atoms with van der Waals surface area (Å²) in [6.45, 7) is 2.17. The second-order valence-corrected chi connectivity index (χ2v) is 5.04. The molecule has 1 aliphatic heterocycles. The summed E-state index contributed by atoms with van der Waals surface area (Å²) in [4.78, 5) is 3.90. The number of hydrogen-bond donors (Lipinski definition) is 1. The number of hydrogen-bond acceptors (Lipinski definition) is 4. The Morgan fingerprint density at radius 3 is 3.08 bits per heavy atom. The second-order valence-electron chi connectivity index (χ2n) is 3.13. The number of nitrogens with one attached hydrogen (secondary N) is 1. The van der Waals surface area contributed by atoms with Crippen molar-refractivity contribution in [2.24, 2.45) is 0 Å². The lowest BCUT2D eigenvalue weighted by Gasteiger charge is -2.16. The quantitative estimate of drug-likeness (QED) is 0.658. The maximum atomic E-state index is 11.3. The minimum Gasteiger partial charge on any atom is -0.316 e. The first-order valence-corrected chi connectivity index (χ1v) is 5.93. The van der Waals surface area contributed by atoms with Crippen LogP contribution in [0.5, 0.6) is 0 Å². The zero-order valence-corrected chi connectivity index (χ0v) is 8.13. The van der Waals surface area contributed by atoms with Gasteiger partial charge in [-0.15, -0.1) is 0 Å². The van der Waals surface area contributed by atoms with Crippen LogP contribution in [-0.4, -0.2) is 30.8 Å². The van der Waals surface area contributed by atoms with Gasteiger partial charge in [-0.1, -0.05) is 0 Å². The van der Waals surface area contributed by atoms with Crippen LogP contribution in [0.2, 0.25) is 0 Å². The fourth-order valence-electron chi connectivity index (χ4n) is 1.48. The Balaban J connectivity index is 2.55. The first-order chi connectivity index (χ1) is 6.09. The van der Waals surface area contributed by atoms with Crippen LogP contribution in [0.4, 0.5) is 0 Å². The van der Waals surface area contributed by atoms with E-state index in [0.29, 0.717) is 13.1 Å². The summed E-state index contributed by atoms with van der Waals surface area (Å²) in [7, 11) is -3.18. The van der Waals surface area contributed by atoms with Crippen molar-refractivity contribution in [1.29, 1.82) is 0 Å². The molecule has 0 aromatic carbocycles. The highest BCUT2D eigenvalue weighted by Crippen LogP contribution is 2.13. The van der Waals surface area contributed by atoms with Gasteiger partial charge in [-0.05, 0) is 0 Å². The summed E-state index contributed by atoms with van der Waals surface area (Å²) in [5.74, 6) is 0. The minimum atomic E-state index is -3.18. The van der Waals surface area contributed by atoms with Gasteiger partial charge in [0.25, 0.3) is 0 Å². The van der Waals surface area contributed by atoms with Crippen LogP contribution < -0.4 is 5.32 Å². The number of nitrogens with zero attached hydrogens (tertiary/aromatic N) is 2. The van der Waals surface area contributed by atoms with Gasteiger partial charge in [0.1, 0.15) is 0 Å². The van der Waals surface area contributed by atoms with E-state index in [1.54, 1.807) is 10.8 Å². The molecule has 0 fully saturated rings. The molecule has 0 radical (unpaired) electrons. The average molecular weight is 201 g/mol. The molecule has 6 heteroatoms. The number of aromatic nitrogens is 2. The van der Waals surface area contributed by atoms with Crippen LogP contribution >= 0.6 is 0 Å². The number of rotatable bonds is 1. The van der Waals surface area contributed by atoms with Crippen LogP contribution in [0.1, 0.15) is 5.69 Å². The van der Waals surface area contributed by atoms with E-state index in [1.807, 2.05) is 0 Å². The molecule has 72 valence electrons. The molecular weight excluding hydrogens is 190 g/mol. The van der Waals surface area contributed by atoms with Gasteiger partial charge in [0.05, 0.1) is 11.9 Å². The summed E-state index contributed by atoms with van der Waals surface area (Å²) >= 11 is 0. The van der Waals surface area contributed by atoms with E-state index >= 15 is 0 Å². The van der Waals surface area contributed by atoms with Crippen LogP contribution in [0.15, 0.2) is 11.4 Å². The zero-order chi connectivity index (χ0) is 9.47. The smallest absolute Gasteiger partial charge is 0.227 e. The van der Waals surface area contributed by atoms with E-state index in [4.69, 9.17) is 0 Å². The number of imidazole rings is 1. The molecule has 0 saturated heterocycles. The van der Waals surface area contributed by atoms with Crippen molar-refractivity contribution in [2.45, 2.75) is 18.2 Å². The predicted molar refractivity (Wildman–Crippen MR) is 47.0 cm³/mol. The number of sulfone groups is 1. The van der Waals surface area contributed by atoms with Crippen LogP contribution in [0.3, 0.4) is 0 Å². The van der Waals surface area contributed by atoms with E-state index in [0.717, 1.165) is 12.2 Å². The molecule has 2 rings (SSSR count). The van der Waals surface area contributed by atoms with E-state index < -0.39 is 9.84 Å². The van der Waals surface area contributed by atoms with Gasteiger partial charge in [0.15, 0.2) is 0 Å². The Bertz CT molecular complexity index is 421. The van der Waals surface area contributed by atoms with Gasteiger partial charge >= 0.3 is 0 Å². The topological polar surface area (TPSA) is 64.0 Å². The molecule has 0 spiro atoms. The third-order valence-corrected chi connectivity index (χ3v) is 3.04. The largest absolute Gasteiger partial charge is 0.316 e. The molecule has 5 nitrogen and oxygen atoms in total. The molecule has 0 aliphatic carbocycles. The highest BCUT2D eigenvalue weighted by Gasteiger charge is 2.19. The minimum absolute atomic E-state index is 0.184. The third-order valence-electron chi connectivity index (χ3n) is 2.05. The summed E-state index contributed by atoms with van der Waals surface area (Å²) in [6.07, 6.45) is 2.80. The Hall–Kier alpha value is -0.880. The van der Waals surface area contributed by atoms with Crippen molar-refractivity contribution < 1.29 is 8.42 Å². The second kappa shape index (κ2) is 2.81. The van der Waals surface area contributed by atoms with Crippen molar-refractivity contribution in [3.8, 4) is 0 Å². The molecule has 13 heavy (non-hydrogen) atoms. The highest BCUT2D eigenvalue weighted by molar-refractivity contribution is 7.90. The Morgan fingerprint density at radius 1 is 1.62 bits per heavy atom. The lowest BCUT2D eigenvalue weighted by molar-refractivity contribution is 0.479. The first kappa shape index (κ1) is 8.71. The van der Waals surface area contributed by atoms with E-state index in [-0.39, 0.29) is 5.16 Å². The van der Waals surface area contributed by atoms with Crippen molar-refractivity contribution in [3.63, 3.8) is 0 Å². The monoisotopic (exact) mass is 201 g/mol. The summed E-state index contributed by atoms with van der Waals surface area (Å²) in [6, 6.07) is 0. The normalized spacial score (nSPS) is 17.0. The molecule has 0 bridgehead atoms. The molecule has 1 aliphatic rings. The Kier molecular flexibility index (Phi) is 1.88. The van der Waals surface area contributed by atoms with Crippen molar-refractivity contribution in [2.75, 3.05) is 12.8 Å². The van der Waals surface area contributed by atoms with Crippen LogP contribution in [-0.2, 0) is 22.9 Å². The van der Waals surface area contributed by atoms with Gasteiger partial charge in [0, 0.05) is 25.9 Å². The zero-order valence-electron chi connectivity index (χ0n) is 7.32. The summed E-state index contributed by atoms with van der Waals surface area (Å²) in [5.41, 5.74) is 0.937. The molecular formula is C7H11N3O2S. The molecule has 2 heterocycles. The van der Waals surface area contributed by atoms with Crippen molar-refractivity contribution in [1.82, 2.24) is 14.9 Å². The van der Waals surface area contributed by atoms with Crippen molar-refractivity contribution >= 4 is 9.84 Å². The SMILES string of the molecule is CS(=O)(=O)c1ncc2n1CCNC2. The third kappa shape index (κ3) is 1.47. The fraction of sp³-hybridized carbons (Fsp3) is 0.571. The fourth-order valence-corrected chi connectivity index (χ4v) is 2.33. The van der Waals surface area contributed by atoms with Crippen LogP contribution in [0, 0.1) is 0 Å². The molecule has 1 aromatic rings. The lowest BCUT2D eigenvalue weighted by Crippen LogP contribution is -2.29. The molecule has 1 N–H and O–H groups in total. The van der Waals surface area contributed by atoms with E-state index in [9.17, 15) is 8.42 Å². The first-order valence-electron chi connectivity index (χ1n) is 4.04. The molecule has 0 atom stereocenters. The Morgan fingerprint density at radius 2 is 2.38 bits per heavy atom. The van der Waals surface area contributed by atoms with Crippen LogP contribution in [0.25, 0.3) is 0 Å². The highest BCUT2D eigenvalue weighted by atomic mass is 32.2. The molecule has 0 unspecified atom stereocenters. The van der Waals surface area contributed by atoms with E-state index in [1.165, 1.54) is 6.26 Å². The average Bonchev–Trinajstić information content (AvgIpc) is 2.45. The van der Waals surface area contributed by atoms with Gasteiger partial charge in [-0.25, -0.2) is 13.4 Å². The van der Waals surface area contributed by atoms with Gasteiger partial charge in [0.2, 0.25) is 15.0 Å². The van der Waals surface area contributed by atoms with E-state index in [2.05, 4.69) is 10.3 Å². The predicted octanol–water partition coefficient (Wildman–Crippen LogP) is -0.610. The Labute approximate surface area is 76.7 Å².